The second-order valence-corrected chi connectivity index (χ2v) is 2.92. The van der Waals surface area contributed by atoms with Gasteiger partial charge in [0.25, 0.3) is 0 Å². The Morgan fingerprint density at radius 2 is 2.00 bits per heavy atom. The van der Waals surface area contributed by atoms with Gasteiger partial charge in [0.05, 0.1) is 11.8 Å². The molecule has 0 atom stereocenters. The van der Waals surface area contributed by atoms with Crippen molar-refractivity contribution in [2.45, 2.75) is 0 Å². The third-order valence-electron chi connectivity index (χ3n) is 1.71. The predicted octanol–water partition coefficient (Wildman–Crippen LogP) is 0.543. The minimum atomic E-state index is -1.13. The number of anilines is 1. The molecule has 0 unspecified atom stereocenters. The fourth-order valence-corrected chi connectivity index (χ4v) is 0.970. The minimum Gasteiger partial charge on any atom is -0.335 e. The fraction of sp³-hybridized carbons (Fsp3) is 0.100. The molecule has 17 heavy (non-hydrogen) atoms. The van der Waals surface area contributed by atoms with Gasteiger partial charge in [-0.25, -0.2) is 8.78 Å². The molecule has 2 amide bonds. The molecule has 0 radical (unpaired) electrons. The molecule has 5 nitrogen and oxygen atoms in total. The van der Waals surface area contributed by atoms with Gasteiger partial charge in [0.2, 0.25) is 0 Å². The largest absolute Gasteiger partial charge is 0.335 e. The van der Waals surface area contributed by atoms with Gasteiger partial charge in [-0.2, -0.15) is 5.26 Å². The third kappa shape index (κ3) is 3.53. The Bertz CT molecular complexity index is 497. The summed E-state index contributed by atoms with van der Waals surface area (Å²) >= 11 is 0. The number of nitriles is 1. The van der Waals surface area contributed by atoms with E-state index in [1.165, 1.54) is 0 Å². The van der Waals surface area contributed by atoms with E-state index >= 15 is 0 Å². The van der Waals surface area contributed by atoms with Crippen molar-refractivity contribution in [3.05, 3.63) is 29.8 Å². The molecular formula is C10H7F2N3O2. The van der Waals surface area contributed by atoms with Crippen LogP contribution in [0.4, 0.5) is 14.5 Å². The van der Waals surface area contributed by atoms with E-state index in [-0.39, 0.29) is 12.2 Å². The van der Waals surface area contributed by atoms with Gasteiger partial charge in [0.15, 0.2) is 0 Å². The lowest BCUT2D eigenvalue weighted by atomic mass is 10.3. The first-order valence-electron chi connectivity index (χ1n) is 4.45. The number of carbonyl (C=O) groups is 2. The zero-order valence-electron chi connectivity index (χ0n) is 8.46. The van der Waals surface area contributed by atoms with Crippen LogP contribution in [0.2, 0.25) is 0 Å². The van der Waals surface area contributed by atoms with Crippen molar-refractivity contribution in [3.8, 4) is 6.07 Å². The minimum absolute atomic E-state index is 0.316. The zero-order chi connectivity index (χ0) is 12.8. The Morgan fingerprint density at radius 3 is 2.59 bits per heavy atom. The number of hydrogen-bond acceptors (Lipinski definition) is 3. The van der Waals surface area contributed by atoms with Gasteiger partial charge in [-0.1, -0.05) is 0 Å². The van der Waals surface area contributed by atoms with Crippen molar-refractivity contribution >= 4 is 17.5 Å². The van der Waals surface area contributed by atoms with Gasteiger partial charge in [0, 0.05) is 6.07 Å². The van der Waals surface area contributed by atoms with Crippen LogP contribution in [0.5, 0.6) is 0 Å². The summed E-state index contributed by atoms with van der Waals surface area (Å²) in [5, 5.41) is 12.1. The third-order valence-corrected chi connectivity index (χ3v) is 1.71. The predicted molar refractivity (Wildman–Crippen MR) is 53.6 cm³/mol. The summed E-state index contributed by atoms with van der Waals surface area (Å²) in [5.74, 6) is -4.00. The van der Waals surface area contributed by atoms with E-state index in [2.05, 4.69) is 0 Å². The zero-order valence-corrected chi connectivity index (χ0v) is 8.46. The van der Waals surface area contributed by atoms with E-state index in [0.29, 0.717) is 6.07 Å². The van der Waals surface area contributed by atoms with Gasteiger partial charge in [-0.05, 0) is 12.1 Å². The highest BCUT2D eigenvalue weighted by atomic mass is 19.1. The first kappa shape index (κ1) is 12.6. The Kier molecular flexibility index (Phi) is 4.11. The molecule has 0 saturated heterocycles. The molecule has 1 aromatic carbocycles. The highest BCUT2D eigenvalue weighted by Gasteiger charge is 2.15. The topological polar surface area (TPSA) is 82.0 Å². The summed E-state index contributed by atoms with van der Waals surface area (Å²) in [6.45, 7) is -0.335. The molecule has 1 aromatic rings. The number of rotatable bonds is 2. The van der Waals surface area contributed by atoms with Crippen LogP contribution in [0.3, 0.4) is 0 Å². The normalized spacial score (nSPS) is 9.24. The molecule has 0 aliphatic rings. The van der Waals surface area contributed by atoms with Gasteiger partial charge in [-0.15, -0.1) is 0 Å². The number of nitrogens with zero attached hydrogens (tertiary/aromatic N) is 1. The SMILES string of the molecule is N#CCNC(=O)C(=O)Nc1ccc(F)cc1F. The van der Waals surface area contributed by atoms with Gasteiger partial charge < -0.3 is 10.6 Å². The van der Waals surface area contributed by atoms with Crippen molar-refractivity contribution in [2.24, 2.45) is 0 Å². The van der Waals surface area contributed by atoms with Gasteiger partial charge >= 0.3 is 11.8 Å². The van der Waals surface area contributed by atoms with Crippen LogP contribution < -0.4 is 10.6 Å². The first-order valence-corrected chi connectivity index (χ1v) is 4.45. The summed E-state index contributed by atoms with van der Waals surface area (Å²) in [4.78, 5) is 22.2. The van der Waals surface area contributed by atoms with E-state index in [4.69, 9.17) is 5.26 Å². The maximum atomic E-state index is 13.1. The molecule has 88 valence electrons. The quantitative estimate of drug-likeness (QED) is 0.583. The van der Waals surface area contributed by atoms with E-state index in [9.17, 15) is 18.4 Å². The number of carbonyl (C=O) groups excluding carboxylic acids is 2. The smallest absolute Gasteiger partial charge is 0.313 e. The summed E-state index contributed by atoms with van der Waals surface area (Å²) in [6, 6.07) is 4.10. The van der Waals surface area contributed by atoms with Crippen molar-refractivity contribution < 1.29 is 18.4 Å². The standard InChI is InChI=1S/C10H7F2N3O2/c11-6-1-2-8(7(12)5-6)15-10(17)9(16)14-4-3-13/h1-2,5H,4H2,(H,14,16)(H,15,17). The number of nitrogens with one attached hydrogen (secondary N) is 2. The number of benzene rings is 1. The van der Waals surface area contributed by atoms with E-state index in [1.807, 2.05) is 10.6 Å². The van der Waals surface area contributed by atoms with Crippen LogP contribution in [-0.2, 0) is 9.59 Å². The number of hydrogen-bond donors (Lipinski definition) is 2. The molecule has 0 aliphatic heterocycles. The van der Waals surface area contributed by atoms with Crippen LogP contribution in [0, 0.1) is 23.0 Å². The Balaban J connectivity index is 2.68. The lowest BCUT2D eigenvalue weighted by Gasteiger charge is -2.05. The molecule has 2 N–H and O–H groups in total. The van der Waals surface area contributed by atoms with Crippen LogP contribution in [0.1, 0.15) is 0 Å². The summed E-state index contributed by atoms with van der Waals surface area (Å²) < 4.78 is 25.6. The molecular weight excluding hydrogens is 232 g/mol. The van der Waals surface area contributed by atoms with E-state index in [0.717, 1.165) is 12.1 Å². The van der Waals surface area contributed by atoms with Crippen molar-refractivity contribution in [2.75, 3.05) is 11.9 Å². The fourth-order valence-electron chi connectivity index (χ4n) is 0.970. The summed E-state index contributed by atoms with van der Waals surface area (Å²) in [7, 11) is 0. The molecule has 0 aromatic heterocycles. The average Bonchev–Trinajstić information content (AvgIpc) is 2.29. The van der Waals surface area contributed by atoms with Gasteiger partial charge in [0.1, 0.15) is 18.2 Å². The van der Waals surface area contributed by atoms with Crippen LogP contribution in [0.25, 0.3) is 0 Å². The monoisotopic (exact) mass is 239 g/mol. The number of halogens is 2. The highest BCUT2D eigenvalue weighted by molar-refractivity contribution is 6.39. The first-order chi connectivity index (χ1) is 8.04. The maximum Gasteiger partial charge on any atom is 0.313 e. The average molecular weight is 239 g/mol. The number of amides is 2. The second-order valence-electron chi connectivity index (χ2n) is 2.92. The van der Waals surface area contributed by atoms with Crippen LogP contribution >= 0.6 is 0 Å². The Hall–Kier alpha value is -2.49. The van der Waals surface area contributed by atoms with Crippen molar-refractivity contribution in [1.29, 1.82) is 5.26 Å². The Labute approximate surface area is 95.0 Å². The summed E-state index contributed by atoms with van der Waals surface area (Å²) in [5.41, 5.74) is -0.316. The van der Waals surface area contributed by atoms with E-state index in [1.54, 1.807) is 6.07 Å². The molecule has 0 saturated carbocycles. The molecule has 0 bridgehead atoms. The lowest BCUT2D eigenvalue weighted by Crippen LogP contribution is -2.35. The molecule has 0 heterocycles. The highest BCUT2D eigenvalue weighted by Crippen LogP contribution is 2.14. The lowest BCUT2D eigenvalue weighted by molar-refractivity contribution is -0.136. The van der Waals surface area contributed by atoms with Gasteiger partial charge in [-0.3, -0.25) is 9.59 Å². The molecule has 7 heteroatoms. The van der Waals surface area contributed by atoms with Crippen molar-refractivity contribution in [1.82, 2.24) is 5.32 Å². The molecule has 1 rings (SSSR count). The van der Waals surface area contributed by atoms with E-state index < -0.39 is 23.4 Å². The molecule has 0 aliphatic carbocycles. The summed E-state index contributed by atoms with van der Waals surface area (Å²) in [6.07, 6.45) is 0. The second kappa shape index (κ2) is 5.55. The van der Waals surface area contributed by atoms with Crippen LogP contribution in [-0.4, -0.2) is 18.4 Å². The Morgan fingerprint density at radius 1 is 1.29 bits per heavy atom. The molecule has 0 spiro atoms. The van der Waals surface area contributed by atoms with Crippen LogP contribution in [0.15, 0.2) is 18.2 Å². The van der Waals surface area contributed by atoms with Crippen molar-refractivity contribution in [3.63, 3.8) is 0 Å². The molecule has 0 fully saturated rings. The maximum absolute atomic E-state index is 13.1.